The molecule has 0 radical (unpaired) electrons. The molecule has 2 nitrogen and oxygen atoms in total. The topological polar surface area (TPSA) is 25.8 Å². The van der Waals surface area contributed by atoms with E-state index in [1.54, 1.807) is 18.5 Å². The first-order valence-electron chi connectivity index (χ1n) is 3.33. The Bertz CT molecular complexity index is 430. The Morgan fingerprint density at radius 2 is 2.08 bits per heavy atom. The van der Waals surface area contributed by atoms with Gasteiger partial charge in [-0.15, -0.1) is 0 Å². The number of halogens is 2. The number of fused-ring (bicyclic) bond motifs is 1. The Hall–Kier alpha value is -0.670. The third-order valence-electron chi connectivity index (χ3n) is 1.52. The minimum absolute atomic E-state index is 0.495. The molecule has 0 spiro atoms. The van der Waals surface area contributed by atoms with Gasteiger partial charge in [0.05, 0.1) is 9.99 Å². The van der Waals surface area contributed by atoms with Gasteiger partial charge >= 0.3 is 0 Å². The molecule has 2 aromatic heterocycles. The highest BCUT2D eigenvalue weighted by Gasteiger charge is 1.99. The number of nitrogens with zero attached hydrogens (tertiary/aromatic N) is 2. The number of pyridine rings is 2. The zero-order chi connectivity index (χ0) is 8.55. The smallest absolute Gasteiger partial charge is 0.129 e. The first kappa shape index (κ1) is 7.95. The van der Waals surface area contributed by atoms with Crippen LogP contribution in [0, 0.1) is 0 Å². The van der Waals surface area contributed by atoms with Crippen LogP contribution >= 0.6 is 27.5 Å². The predicted molar refractivity (Wildman–Crippen MR) is 52.2 cm³/mol. The lowest BCUT2D eigenvalue weighted by Crippen LogP contribution is -1.82. The maximum absolute atomic E-state index is 5.74. The summed E-state index contributed by atoms with van der Waals surface area (Å²) in [6.07, 6.45) is 3.45. The third-order valence-corrected chi connectivity index (χ3v) is 2.31. The van der Waals surface area contributed by atoms with E-state index < -0.39 is 0 Å². The van der Waals surface area contributed by atoms with E-state index in [-0.39, 0.29) is 0 Å². The lowest BCUT2D eigenvalue weighted by Gasteiger charge is -1.97. The molecule has 60 valence electrons. The predicted octanol–water partition coefficient (Wildman–Crippen LogP) is 3.05. The quantitative estimate of drug-likeness (QED) is 0.665. The maximum Gasteiger partial charge on any atom is 0.129 e. The fraction of sp³-hybridized carbons (Fsp3) is 0. The van der Waals surface area contributed by atoms with Gasteiger partial charge in [-0.1, -0.05) is 11.6 Å². The molecule has 0 aliphatic heterocycles. The SMILES string of the molecule is Clc1ccc2cncc(Br)c2n1. The summed E-state index contributed by atoms with van der Waals surface area (Å²) in [7, 11) is 0. The first-order chi connectivity index (χ1) is 5.77. The van der Waals surface area contributed by atoms with Gasteiger partial charge in [0, 0.05) is 17.8 Å². The molecule has 2 aromatic rings. The van der Waals surface area contributed by atoms with Crippen molar-refractivity contribution in [1.29, 1.82) is 0 Å². The average Bonchev–Trinajstić information content (AvgIpc) is 2.07. The second kappa shape index (κ2) is 2.99. The highest BCUT2D eigenvalue weighted by atomic mass is 79.9. The zero-order valence-corrected chi connectivity index (χ0v) is 8.30. The molecule has 0 saturated carbocycles. The van der Waals surface area contributed by atoms with E-state index in [0.29, 0.717) is 5.15 Å². The number of aromatic nitrogens is 2. The highest BCUT2D eigenvalue weighted by Crippen LogP contribution is 2.21. The van der Waals surface area contributed by atoms with Crippen molar-refractivity contribution < 1.29 is 0 Å². The standard InChI is InChI=1S/C8H4BrClN2/c9-6-4-11-3-5-1-2-7(10)12-8(5)6/h1-4H. The Labute approximate surface area is 82.7 Å². The monoisotopic (exact) mass is 242 g/mol. The van der Waals surface area contributed by atoms with Crippen molar-refractivity contribution in [3.63, 3.8) is 0 Å². The molecule has 0 amide bonds. The van der Waals surface area contributed by atoms with Gasteiger partial charge in [0.1, 0.15) is 5.15 Å². The first-order valence-corrected chi connectivity index (χ1v) is 4.50. The molecule has 0 aromatic carbocycles. The van der Waals surface area contributed by atoms with Crippen LogP contribution in [0.4, 0.5) is 0 Å². The van der Waals surface area contributed by atoms with Crippen LogP contribution in [-0.4, -0.2) is 9.97 Å². The molecule has 0 unspecified atom stereocenters. The van der Waals surface area contributed by atoms with Crippen LogP contribution in [-0.2, 0) is 0 Å². The second-order valence-electron chi connectivity index (χ2n) is 2.33. The van der Waals surface area contributed by atoms with Gasteiger partial charge in [-0.05, 0) is 28.1 Å². The van der Waals surface area contributed by atoms with Crippen molar-refractivity contribution in [2.45, 2.75) is 0 Å². The fourth-order valence-electron chi connectivity index (χ4n) is 0.986. The lowest BCUT2D eigenvalue weighted by molar-refractivity contribution is 1.31. The number of rotatable bonds is 0. The van der Waals surface area contributed by atoms with Crippen molar-refractivity contribution >= 4 is 38.4 Å². The van der Waals surface area contributed by atoms with Crippen LogP contribution in [0.1, 0.15) is 0 Å². The molecule has 0 N–H and O–H groups in total. The van der Waals surface area contributed by atoms with Gasteiger partial charge in [-0.2, -0.15) is 0 Å². The summed E-state index contributed by atoms with van der Waals surface area (Å²) < 4.78 is 0.863. The van der Waals surface area contributed by atoms with E-state index in [0.717, 1.165) is 15.4 Å². The van der Waals surface area contributed by atoms with Crippen LogP contribution in [0.3, 0.4) is 0 Å². The summed E-state index contributed by atoms with van der Waals surface area (Å²) in [6.45, 7) is 0. The summed E-state index contributed by atoms with van der Waals surface area (Å²) in [6, 6.07) is 3.64. The van der Waals surface area contributed by atoms with Gasteiger partial charge in [-0.3, -0.25) is 4.98 Å². The molecule has 2 rings (SSSR count). The van der Waals surface area contributed by atoms with Crippen LogP contribution in [0.25, 0.3) is 10.9 Å². The summed E-state index contributed by atoms with van der Waals surface area (Å²) in [5, 5.41) is 1.48. The second-order valence-corrected chi connectivity index (χ2v) is 3.57. The van der Waals surface area contributed by atoms with E-state index in [9.17, 15) is 0 Å². The molecule has 0 fully saturated rings. The average molecular weight is 243 g/mol. The Kier molecular flexibility index (Phi) is 1.98. The van der Waals surface area contributed by atoms with Crippen molar-refractivity contribution in [2.24, 2.45) is 0 Å². The molecular weight excluding hydrogens is 239 g/mol. The molecule has 2 heterocycles. The van der Waals surface area contributed by atoms with E-state index >= 15 is 0 Å². The van der Waals surface area contributed by atoms with E-state index in [4.69, 9.17) is 11.6 Å². The minimum atomic E-state index is 0.495. The Morgan fingerprint density at radius 3 is 2.92 bits per heavy atom. The molecule has 12 heavy (non-hydrogen) atoms. The summed E-state index contributed by atoms with van der Waals surface area (Å²) in [5.74, 6) is 0. The molecule has 0 aliphatic carbocycles. The van der Waals surface area contributed by atoms with Crippen LogP contribution < -0.4 is 0 Å². The van der Waals surface area contributed by atoms with E-state index in [1.165, 1.54) is 0 Å². The van der Waals surface area contributed by atoms with Gasteiger partial charge in [-0.25, -0.2) is 4.98 Å². The van der Waals surface area contributed by atoms with Crippen molar-refractivity contribution in [2.75, 3.05) is 0 Å². The fourth-order valence-corrected chi connectivity index (χ4v) is 1.57. The molecule has 0 saturated heterocycles. The minimum Gasteiger partial charge on any atom is -0.263 e. The van der Waals surface area contributed by atoms with E-state index in [2.05, 4.69) is 25.9 Å². The summed E-state index contributed by atoms with van der Waals surface area (Å²) in [4.78, 5) is 8.17. The summed E-state index contributed by atoms with van der Waals surface area (Å²) >= 11 is 9.09. The highest BCUT2D eigenvalue weighted by molar-refractivity contribution is 9.10. The van der Waals surface area contributed by atoms with Crippen molar-refractivity contribution in [3.05, 3.63) is 34.2 Å². The van der Waals surface area contributed by atoms with E-state index in [1.807, 2.05) is 6.07 Å². The molecular formula is C8H4BrClN2. The third kappa shape index (κ3) is 1.30. The largest absolute Gasteiger partial charge is 0.263 e. The van der Waals surface area contributed by atoms with Crippen molar-refractivity contribution in [1.82, 2.24) is 9.97 Å². The number of hydrogen-bond donors (Lipinski definition) is 0. The maximum atomic E-state index is 5.74. The zero-order valence-electron chi connectivity index (χ0n) is 5.96. The molecule has 0 aliphatic rings. The van der Waals surface area contributed by atoms with Crippen LogP contribution in [0.15, 0.2) is 29.0 Å². The lowest BCUT2D eigenvalue weighted by atomic mass is 10.3. The van der Waals surface area contributed by atoms with Gasteiger partial charge in [0.25, 0.3) is 0 Å². The number of hydrogen-bond acceptors (Lipinski definition) is 2. The normalized spacial score (nSPS) is 10.5. The summed E-state index contributed by atoms with van der Waals surface area (Å²) in [5.41, 5.74) is 0.845. The Balaban J connectivity index is 2.88. The van der Waals surface area contributed by atoms with Gasteiger partial charge in [0.15, 0.2) is 0 Å². The molecule has 0 bridgehead atoms. The van der Waals surface area contributed by atoms with Gasteiger partial charge < -0.3 is 0 Å². The van der Waals surface area contributed by atoms with Crippen LogP contribution in [0.5, 0.6) is 0 Å². The molecule has 4 heteroatoms. The molecule has 0 atom stereocenters. The Morgan fingerprint density at radius 1 is 1.25 bits per heavy atom. The van der Waals surface area contributed by atoms with Gasteiger partial charge in [0.2, 0.25) is 0 Å². The van der Waals surface area contributed by atoms with Crippen LogP contribution in [0.2, 0.25) is 5.15 Å². The van der Waals surface area contributed by atoms with Crippen molar-refractivity contribution in [3.8, 4) is 0 Å².